The van der Waals surface area contributed by atoms with E-state index in [1.807, 2.05) is 0 Å². The first-order chi connectivity index (χ1) is 8.72. The third kappa shape index (κ3) is 2.67. The van der Waals surface area contributed by atoms with Crippen LogP contribution >= 0.6 is 0 Å². The highest BCUT2D eigenvalue weighted by Crippen LogP contribution is 2.28. The molecule has 4 heteroatoms. The molecule has 0 aliphatic heterocycles. The number of aliphatic hydroxyl groups excluding tert-OH is 2. The molecule has 0 radical (unpaired) electrons. The summed E-state index contributed by atoms with van der Waals surface area (Å²) in [5, 5.41) is 20.1. The summed E-state index contributed by atoms with van der Waals surface area (Å²) >= 11 is 0. The number of hydrogen-bond donors (Lipinski definition) is 2. The van der Waals surface area contributed by atoms with E-state index in [-0.39, 0.29) is 0 Å². The molecule has 0 bridgehead atoms. The van der Waals surface area contributed by atoms with Crippen molar-refractivity contribution in [2.45, 2.75) is 12.2 Å². The van der Waals surface area contributed by atoms with Crippen molar-refractivity contribution in [2.75, 3.05) is 7.11 Å². The van der Waals surface area contributed by atoms with Crippen LogP contribution in [-0.4, -0.2) is 22.3 Å². The minimum Gasteiger partial charge on any atom is -0.497 e. The van der Waals surface area contributed by atoms with Crippen LogP contribution in [0.25, 0.3) is 0 Å². The molecule has 0 aliphatic rings. The summed E-state index contributed by atoms with van der Waals surface area (Å²) in [6.07, 6.45) is -0.468. The van der Waals surface area contributed by atoms with Gasteiger partial charge in [0.2, 0.25) is 0 Å². The van der Waals surface area contributed by atoms with Gasteiger partial charge in [0.1, 0.15) is 18.0 Å². The minimum absolute atomic E-state index is 0.445. The fraction of sp³-hybridized carbons (Fsp3) is 0.214. The average Bonchev–Trinajstić information content (AvgIpc) is 2.47. The van der Waals surface area contributed by atoms with Gasteiger partial charge in [0.25, 0.3) is 0 Å². The number of aromatic nitrogens is 1. The van der Waals surface area contributed by atoms with Crippen molar-refractivity contribution >= 4 is 0 Å². The van der Waals surface area contributed by atoms with Gasteiger partial charge in [0.05, 0.1) is 12.8 Å². The first-order valence-electron chi connectivity index (χ1n) is 5.63. The van der Waals surface area contributed by atoms with Crippen LogP contribution in [0, 0.1) is 0 Å². The average molecular weight is 245 g/mol. The van der Waals surface area contributed by atoms with E-state index in [1.165, 1.54) is 0 Å². The first kappa shape index (κ1) is 12.5. The Hall–Kier alpha value is -1.91. The molecule has 1 aromatic carbocycles. The van der Waals surface area contributed by atoms with Crippen molar-refractivity contribution in [2.24, 2.45) is 0 Å². The Balaban J connectivity index is 2.17. The van der Waals surface area contributed by atoms with E-state index in [1.54, 1.807) is 55.8 Å². The standard InChI is InChI=1S/C14H15NO3/c1-18-11-7-5-10(6-8-11)13(16)14(17)12-4-2-3-9-15-12/h2-9,13-14,16-17H,1H3. The summed E-state index contributed by atoms with van der Waals surface area (Å²) in [4.78, 5) is 4.02. The van der Waals surface area contributed by atoms with Gasteiger partial charge in [-0.2, -0.15) is 0 Å². The molecule has 2 rings (SSSR count). The molecule has 0 fully saturated rings. The fourth-order valence-corrected chi connectivity index (χ4v) is 1.70. The molecule has 0 aliphatic carbocycles. The Morgan fingerprint density at radius 2 is 1.72 bits per heavy atom. The van der Waals surface area contributed by atoms with Crippen LogP contribution in [0.4, 0.5) is 0 Å². The van der Waals surface area contributed by atoms with E-state index >= 15 is 0 Å². The maximum absolute atomic E-state index is 10.1. The van der Waals surface area contributed by atoms with Crippen molar-refractivity contribution in [1.82, 2.24) is 4.98 Å². The van der Waals surface area contributed by atoms with Crippen LogP contribution in [0.3, 0.4) is 0 Å². The highest BCUT2D eigenvalue weighted by atomic mass is 16.5. The lowest BCUT2D eigenvalue weighted by molar-refractivity contribution is 0.0146. The quantitative estimate of drug-likeness (QED) is 0.863. The summed E-state index contributed by atoms with van der Waals surface area (Å²) in [6.45, 7) is 0. The van der Waals surface area contributed by atoms with Crippen LogP contribution in [0.5, 0.6) is 5.75 Å². The molecule has 2 N–H and O–H groups in total. The lowest BCUT2D eigenvalue weighted by atomic mass is 10.0. The van der Waals surface area contributed by atoms with E-state index in [0.29, 0.717) is 17.0 Å². The zero-order valence-electron chi connectivity index (χ0n) is 10.0. The van der Waals surface area contributed by atoms with Gasteiger partial charge in [-0.15, -0.1) is 0 Å². The summed E-state index contributed by atoms with van der Waals surface area (Å²) in [7, 11) is 1.58. The molecular weight excluding hydrogens is 230 g/mol. The van der Waals surface area contributed by atoms with Gasteiger partial charge in [-0.25, -0.2) is 0 Å². The van der Waals surface area contributed by atoms with Crippen LogP contribution in [0.15, 0.2) is 48.7 Å². The van der Waals surface area contributed by atoms with Crippen molar-refractivity contribution in [3.8, 4) is 5.75 Å². The first-order valence-corrected chi connectivity index (χ1v) is 5.63. The molecule has 0 saturated carbocycles. The van der Waals surface area contributed by atoms with E-state index in [4.69, 9.17) is 4.74 Å². The van der Waals surface area contributed by atoms with Gasteiger partial charge in [-0.05, 0) is 29.8 Å². The monoisotopic (exact) mass is 245 g/mol. The number of methoxy groups -OCH3 is 1. The maximum atomic E-state index is 10.1. The molecule has 0 saturated heterocycles. The van der Waals surface area contributed by atoms with Crippen molar-refractivity contribution in [1.29, 1.82) is 0 Å². The Kier molecular flexibility index (Phi) is 3.92. The number of hydrogen-bond acceptors (Lipinski definition) is 4. The largest absolute Gasteiger partial charge is 0.497 e. The van der Waals surface area contributed by atoms with E-state index < -0.39 is 12.2 Å². The second-order valence-electron chi connectivity index (χ2n) is 3.92. The summed E-state index contributed by atoms with van der Waals surface area (Å²) in [6, 6.07) is 12.1. The second-order valence-corrected chi connectivity index (χ2v) is 3.92. The SMILES string of the molecule is COc1ccc(C(O)C(O)c2ccccn2)cc1. The molecule has 0 amide bonds. The smallest absolute Gasteiger partial charge is 0.126 e. The van der Waals surface area contributed by atoms with Crippen molar-refractivity contribution in [3.63, 3.8) is 0 Å². The van der Waals surface area contributed by atoms with Gasteiger partial charge in [0.15, 0.2) is 0 Å². The molecule has 4 nitrogen and oxygen atoms in total. The Morgan fingerprint density at radius 3 is 2.28 bits per heavy atom. The van der Waals surface area contributed by atoms with Gasteiger partial charge in [0, 0.05) is 6.20 Å². The number of benzene rings is 1. The van der Waals surface area contributed by atoms with Gasteiger partial charge >= 0.3 is 0 Å². The molecule has 2 atom stereocenters. The maximum Gasteiger partial charge on any atom is 0.126 e. The highest BCUT2D eigenvalue weighted by molar-refractivity contribution is 5.29. The topological polar surface area (TPSA) is 62.6 Å². The van der Waals surface area contributed by atoms with Crippen LogP contribution in [0.2, 0.25) is 0 Å². The van der Waals surface area contributed by atoms with Crippen LogP contribution in [-0.2, 0) is 0 Å². The molecule has 2 aromatic rings. The van der Waals surface area contributed by atoms with Gasteiger partial charge in [-0.3, -0.25) is 4.98 Å². The zero-order valence-corrected chi connectivity index (χ0v) is 10.0. The molecule has 0 spiro atoms. The summed E-state index contributed by atoms with van der Waals surface area (Å²) in [5.41, 5.74) is 1.06. The predicted octanol–water partition coefficient (Wildman–Crippen LogP) is 1.86. The second kappa shape index (κ2) is 5.62. The van der Waals surface area contributed by atoms with Gasteiger partial charge in [-0.1, -0.05) is 18.2 Å². The minimum atomic E-state index is -1.04. The van der Waals surface area contributed by atoms with Gasteiger partial charge < -0.3 is 14.9 Å². The molecule has 2 unspecified atom stereocenters. The third-order valence-corrected chi connectivity index (χ3v) is 2.75. The van der Waals surface area contributed by atoms with E-state index in [0.717, 1.165) is 0 Å². The molecule has 1 aromatic heterocycles. The normalized spacial score (nSPS) is 13.9. The molecule has 1 heterocycles. The van der Waals surface area contributed by atoms with E-state index in [2.05, 4.69) is 4.98 Å². The number of aliphatic hydroxyl groups is 2. The number of ether oxygens (including phenoxy) is 1. The molecule has 94 valence electrons. The Morgan fingerprint density at radius 1 is 1.00 bits per heavy atom. The predicted molar refractivity (Wildman–Crippen MR) is 67.2 cm³/mol. The molecular formula is C14H15NO3. The zero-order chi connectivity index (χ0) is 13.0. The lowest BCUT2D eigenvalue weighted by Gasteiger charge is -2.17. The number of rotatable bonds is 4. The fourth-order valence-electron chi connectivity index (χ4n) is 1.70. The molecule has 18 heavy (non-hydrogen) atoms. The summed E-state index contributed by atoms with van der Waals surface area (Å²) in [5.74, 6) is 0.707. The van der Waals surface area contributed by atoms with Crippen molar-refractivity contribution in [3.05, 3.63) is 59.9 Å². The number of pyridine rings is 1. The van der Waals surface area contributed by atoms with E-state index in [9.17, 15) is 10.2 Å². The third-order valence-electron chi connectivity index (χ3n) is 2.75. The lowest BCUT2D eigenvalue weighted by Crippen LogP contribution is -2.11. The van der Waals surface area contributed by atoms with Crippen LogP contribution < -0.4 is 4.74 Å². The summed E-state index contributed by atoms with van der Waals surface area (Å²) < 4.78 is 5.04. The highest BCUT2D eigenvalue weighted by Gasteiger charge is 2.20. The Labute approximate surface area is 106 Å². The Bertz CT molecular complexity index is 484. The van der Waals surface area contributed by atoms with Crippen LogP contribution in [0.1, 0.15) is 23.5 Å². The number of nitrogens with zero attached hydrogens (tertiary/aromatic N) is 1. The van der Waals surface area contributed by atoms with Crippen molar-refractivity contribution < 1.29 is 14.9 Å².